The molecule has 9 nitrogen and oxygen atoms in total. The molecule has 0 radical (unpaired) electrons. The molecule has 1 fully saturated rings. The van der Waals surface area contributed by atoms with E-state index < -0.39 is 58.2 Å². The summed E-state index contributed by atoms with van der Waals surface area (Å²) in [7, 11) is 0. The van der Waals surface area contributed by atoms with Gasteiger partial charge in [0.1, 0.15) is 29.9 Å². The molecule has 7 rings (SSSR count). The number of aromatic nitrogens is 3. The average molecular weight is 774 g/mol. The van der Waals surface area contributed by atoms with Gasteiger partial charge in [0.25, 0.3) is 0 Å². The number of hydrogen-bond donors (Lipinski definition) is 0. The predicted octanol–water partition coefficient (Wildman–Crippen LogP) is 6.61. The summed E-state index contributed by atoms with van der Waals surface area (Å²) >= 11 is 4.05. The second kappa shape index (κ2) is 12.7. The van der Waals surface area contributed by atoms with E-state index >= 15 is 17.6 Å². The molecule has 1 amide bonds. The average Bonchev–Trinajstić information content (AvgIpc) is 3.36. The van der Waals surface area contributed by atoms with Crippen LogP contribution in [-0.2, 0) is 17.5 Å². The summed E-state index contributed by atoms with van der Waals surface area (Å²) in [5.41, 5.74) is -1.94. The van der Waals surface area contributed by atoms with Crippen molar-refractivity contribution in [3.8, 4) is 11.1 Å². The molecule has 0 bridgehead atoms. The zero-order valence-electron chi connectivity index (χ0n) is 26.6. The van der Waals surface area contributed by atoms with Crippen LogP contribution >= 0.6 is 27.7 Å². The maximum Gasteiger partial charge on any atom is 0.417 e. The van der Waals surface area contributed by atoms with Crippen molar-refractivity contribution in [1.29, 1.82) is 0 Å². The van der Waals surface area contributed by atoms with Crippen molar-refractivity contribution >= 4 is 68.6 Å². The first-order valence-corrected chi connectivity index (χ1v) is 17.3. The maximum absolute atomic E-state index is 15.6. The summed E-state index contributed by atoms with van der Waals surface area (Å²) in [4.78, 5) is 38.8. The number of fused-ring (bicyclic) bond motifs is 1. The van der Waals surface area contributed by atoms with Gasteiger partial charge in [-0.15, -0.1) is 16.4 Å². The largest absolute Gasteiger partial charge is 0.417 e. The fraction of sp³-hybridized carbons (Fsp3) is 0.294. The third-order valence-corrected chi connectivity index (χ3v) is 10.9. The van der Waals surface area contributed by atoms with E-state index in [1.807, 2.05) is 6.07 Å². The van der Waals surface area contributed by atoms with Gasteiger partial charge in [-0.25, -0.2) is 13.6 Å². The fourth-order valence-electron chi connectivity index (χ4n) is 6.94. The molecule has 50 heavy (non-hydrogen) atoms. The van der Waals surface area contributed by atoms with Crippen LogP contribution in [0, 0.1) is 17.6 Å². The van der Waals surface area contributed by atoms with Crippen molar-refractivity contribution in [2.45, 2.75) is 43.5 Å². The lowest BCUT2D eigenvalue weighted by Crippen LogP contribution is -2.58. The minimum absolute atomic E-state index is 0.00824. The van der Waals surface area contributed by atoms with E-state index in [1.165, 1.54) is 10.6 Å². The van der Waals surface area contributed by atoms with E-state index in [2.05, 4.69) is 37.6 Å². The standard InChI is InChI=1S/C34H28BrF5N7O2S/c1-4-27(48)47-17(2)12-44(13-18(47)3)32-22-8-23(34(38,39)40)28(21-9-24(35)26(37)10-25(21)36)30-29(22)45(33(49)43-32)14-19(16-50-30)15-46-31-20(11-42-46)6-5-7-41-31/h4-11,15,17-19H,1,12-14,16H2,2-3H3/q+1/b46-15+/t17-,18+,19?. The number of anilines is 1. The second-order valence-corrected chi connectivity index (χ2v) is 14.3. The van der Waals surface area contributed by atoms with Crippen molar-refractivity contribution in [3.05, 3.63) is 86.9 Å². The van der Waals surface area contributed by atoms with Crippen LogP contribution in [0.2, 0.25) is 0 Å². The normalized spacial score (nSPS) is 21.1. The molecule has 3 aliphatic heterocycles. The number of hydrogen-bond acceptors (Lipinski definition) is 7. The van der Waals surface area contributed by atoms with Crippen molar-refractivity contribution in [1.82, 2.24) is 19.4 Å². The lowest BCUT2D eigenvalue weighted by Gasteiger charge is -2.44. The van der Waals surface area contributed by atoms with E-state index in [9.17, 15) is 14.0 Å². The first-order chi connectivity index (χ1) is 23.8. The molecule has 1 unspecified atom stereocenters. The number of carbonyl (C=O) groups is 1. The van der Waals surface area contributed by atoms with E-state index in [4.69, 9.17) is 0 Å². The molecular weight excluding hydrogens is 745 g/mol. The smallest absolute Gasteiger partial charge is 0.352 e. The van der Waals surface area contributed by atoms with Gasteiger partial charge in [-0.3, -0.25) is 9.36 Å². The van der Waals surface area contributed by atoms with Gasteiger partial charge < -0.3 is 9.80 Å². The number of amides is 1. The number of benzene rings is 2. The zero-order valence-corrected chi connectivity index (χ0v) is 29.0. The minimum atomic E-state index is -4.99. The molecule has 3 aliphatic rings. The minimum Gasteiger partial charge on any atom is -0.352 e. The van der Waals surface area contributed by atoms with Crippen LogP contribution in [0.25, 0.3) is 22.0 Å². The molecule has 2 aromatic carbocycles. The van der Waals surface area contributed by atoms with Crippen molar-refractivity contribution < 1.29 is 31.4 Å². The number of hydrazone groups is 1. The number of thioether (sulfide) groups is 1. The molecule has 4 aromatic rings. The Bertz CT molecular complexity index is 2210. The molecule has 5 heterocycles. The first-order valence-electron chi connectivity index (χ1n) is 15.6. The number of pyridine rings is 1. The molecule has 1 saturated heterocycles. The molecule has 3 atom stereocenters. The Kier molecular flexibility index (Phi) is 8.65. The van der Waals surface area contributed by atoms with Gasteiger partial charge in [-0.1, -0.05) is 11.7 Å². The Morgan fingerprint density at radius 3 is 2.56 bits per heavy atom. The topological polar surface area (TPSA) is 86.7 Å². The summed E-state index contributed by atoms with van der Waals surface area (Å²) in [6, 6.07) is 5.23. The summed E-state index contributed by atoms with van der Waals surface area (Å²) in [5, 5.41) is 4.44. The monoisotopic (exact) mass is 772 g/mol. The van der Waals surface area contributed by atoms with E-state index in [0.717, 1.165) is 29.5 Å². The Morgan fingerprint density at radius 1 is 1.12 bits per heavy atom. The Labute approximate surface area is 294 Å². The fourth-order valence-corrected chi connectivity index (χ4v) is 8.58. The highest BCUT2D eigenvalue weighted by molar-refractivity contribution is 9.10. The molecule has 2 aromatic heterocycles. The number of rotatable bonds is 4. The number of nitrogens with zero attached hydrogens (tertiary/aromatic N) is 7. The molecule has 0 saturated carbocycles. The van der Waals surface area contributed by atoms with Gasteiger partial charge in [0.2, 0.25) is 5.91 Å². The van der Waals surface area contributed by atoms with Gasteiger partial charge in [-0.05, 0) is 65.1 Å². The first kappa shape index (κ1) is 34.0. The van der Waals surface area contributed by atoms with Crippen molar-refractivity contribution in [3.63, 3.8) is 0 Å². The number of carbonyl (C=O) groups excluding carboxylic acids is 1. The highest BCUT2D eigenvalue weighted by atomic mass is 79.9. The highest BCUT2D eigenvalue weighted by Crippen LogP contribution is 2.49. The molecule has 0 aliphatic carbocycles. The van der Waals surface area contributed by atoms with Crippen molar-refractivity contribution in [2.75, 3.05) is 23.7 Å². The lowest BCUT2D eigenvalue weighted by molar-refractivity contribution is -0.442. The lowest BCUT2D eigenvalue weighted by atomic mass is 9.95. The number of halogens is 6. The Morgan fingerprint density at radius 2 is 1.86 bits per heavy atom. The molecule has 258 valence electrons. The predicted molar refractivity (Wildman–Crippen MR) is 184 cm³/mol. The van der Waals surface area contributed by atoms with E-state index in [0.29, 0.717) is 11.9 Å². The quantitative estimate of drug-likeness (QED) is 0.101. The zero-order chi connectivity index (χ0) is 35.6. The number of piperazine rings is 1. The highest BCUT2D eigenvalue weighted by Gasteiger charge is 2.40. The van der Waals surface area contributed by atoms with Crippen LogP contribution in [0.1, 0.15) is 25.0 Å². The SMILES string of the molecule is C=CC(=O)N1[C@H](C)CN(c2nc(=O)n3c4c(c(-c5cc(Br)c(F)cc5F)c(C(F)(F)F)cc24)SCC(/C=[N+]2/N=Cc4cccnc42)C3)C[C@@H]1C. The van der Waals surface area contributed by atoms with Gasteiger partial charge in [0.15, 0.2) is 0 Å². The van der Waals surface area contributed by atoms with E-state index in [1.54, 1.807) is 53.0 Å². The van der Waals surface area contributed by atoms with Crippen LogP contribution in [-0.4, -0.2) is 73.4 Å². The molecule has 0 spiro atoms. The third kappa shape index (κ3) is 5.81. The third-order valence-electron chi connectivity index (χ3n) is 9.00. The van der Waals surface area contributed by atoms with Gasteiger partial charge in [0, 0.05) is 70.9 Å². The van der Waals surface area contributed by atoms with Crippen LogP contribution in [0.15, 0.2) is 68.4 Å². The Hall–Kier alpha value is -4.44. The molecule has 16 heteroatoms. The van der Waals surface area contributed by atoms with Crippen LogP contribution < -0.4 is 10.6 Å². The summed E-state index contributed by atoms with van der Waals surface area (Å²) < 4.78 is 78.0. The van der Waals surface area contributed by atoms with Crippen LogP contribution in [0.5, 0.6) is 0 Å². The van der Waals surface area contributed by atoms with Crippen LogP contribution in [0.3, 0.4) is 0 Å². The van der Waals surface area contributed by atoms with E-state index in [-0.39, 0.29) is 57.4 Å². The second-order valence-electron chi connectivity index (χ2n) is 12.4. The van der Waals surface area contributed by atoms with Gasteiger partial charge in [-0.2, -0.15) is 18.2 Å². The van der Waals surface area contributed by atoms with Crippen LogP contribution in [0.4, 0.5) is 33.6 Å². The van der Waals surface area contributed by atoms with Gasteiger partial charge in [0.05, 0.1) is 27.3 Å². The summed E-state index contributed by atoms with van der Waals surface area (Å²) in [6.45, 7) is 7.54. The Balaban J connectivity index is 1.48. The maximum atomic E-state index is 15.6. The molecular formula is C34H28BrF5N7O2S+. The van der Waals surface area contributed by atoms with Crippen molar-refractivity contribution in [2.24, 2.45) is 11.0 Å². The van der Waals surface area contributed by atoms with Gasteiger partial charge >= 0.3 is 17.7 Å². The molecule has 0 N–H and O–H groups in total. The summed E-state index contributed by atoms with van der Waals surface area (Å²) in [5.74, 6) is -2.17. The summed E-state index contributed by atoms with van der Waals surface area (Å²) in [6.07, 6.45) is 1.21. The number of alkyl halides is 3.